The molecule has 2 rings (SSSR count). The highest BCUT2D eigenvalue weighted by molar-refractivity contribution is 9.11. The quantitative estimate of drug-likeness (QED) is 0.835. The van der Waals surface area contributed by atoms with Crippen LogP contribution in [0.1, 0.15) is 11.0 Å². The maximum Gasteiger partial charge on any atom is 0.145 e. The van der Waals surface area contributed by atoms with E-state index in [1.54, 1.807) is 29.5 Å². The van der Waals surface area contributed by atoms with Crippen LogP contribution < -0.4 is 10.5 Å². The van der Waals surface area contributed by atoms with Crippen molar-refractivity contribution in [1.29, 1.82) is 0 Å². The predicted molar refractivity (Wildman–Crippen MR) is 80.9 cm³/mol. The van der Waals surface area contributed by atoms with Crippen LogP contribution in [0.2, 0.25) is 10.0 Å². The lowest BCUT2D eigenvalue weighted by molar-refractivity contribution is 0.218. The molecule has 2 aromatic rings. The van der Waals surface area contributed by atoms with Crippen LogP contribution in [-0.4, -0.2) is 6.54 Å². The van der Waals surface area contributed by atoms with E-state index in [1.165, 1.54) is 0 Å². The molecule has 0 amide bonds. The van der Waals surface area contributed by atoms with Crippen molar-refractivity contribution in [3.8, 4) is 5.75 Å². The molecule has 0 saturated heterocycles. The van der Waals surface area contributed by atoms with E-state index in [1.807, 2.05) is 12.1 Å². The van der Waals surface area contributed by atoms with Crippen molar-refractivity contribution >= 4 is 50.5 Å². The molecular formula is C12H10BrCl2NOS. The number of thiophene rings is 1. The number of halogens is 3. The normalized spacial score (nSPS) is 12.4. The first-order chi connectivity index (χ1) is 8.60. The highest BCUT2D eigenvalue weighted by Gasteiger charge is 2.14. The summed E-state index contributed by atoms with van der Waals surface area (Å²) in [5, 5.41) is 0.976. The monoisotopic (exact) mass is 365 g/mol. The van der Waals surface area contributed by atoms with Gasteiger partial charge in [-0.15, -0.1) is 11.3 Å². The van der Waals surface area contributed by atoms with Gasteiger partial charge in [-0.1, -0.05) is 23.2 Å². The molecule has 1 unspecified atom stereocenters. The molecule has 18 heavy (non-hydrogen) atoms. The Morgan fingerprint density at radius 1 is 1.22 bits per heavy atom. The lowest BCUT2D eigenvalue weighted by Gasteiger charge is -2.16. The van der Waals surface area contributed by atoms with Crippen LogP contribution in [0.25, 0.3) is 0 Å². The second-order valence-corrected chi connectivity index (χ2v) is 6.87. The van der Waals surface area contributed by atoms with E-state index in [-0.39, 0.29) is 6.10 Å². The van der Waals surface area contributed by atoms with Gasteiger partial charge in [-0.25, -0.2) is 0 Å². The lowest BCUT2D eigenvalue weighted by Crippen LogP contribution is -2.17. The number of benzene rings is 1. The number of nitrogens with two attached hydrogens (primary N) is 1. The summed E-state index contributed by atoms with van der Waals surface area (Å²) in [6, 6.07) is 9.14. The fraction of sp³-hybridized carbons (Fsp3) is 0.167. The van der Waals surface area contributed by atoms with Crippen molar-refractivity contribution in [1.82, 2.24) is 0 Å². The van der Waals surface area contributed by atoms with Gasteiger partial charge in [0, 0.05) is 17.5 Å². The summed E-state index contributed by atoms with van der Waals surface area (Å²) in [4.78, 5) is 1.07. The van der Waals surface area contributed by atoms with Crippen LogP contribution >= 0.6 is 50.5 Å². The van der Waals surface area contributed by atoms with E-state index in [9.17, 15) is 0 Å². The van der Waals surface area contributed by atoms with Gasteiger partial charge >= 0.3 is 0 Å². The topological polar surface area (TPSA) is 35.2 Å². The third-order valence-electron chi connectivity index (χ3n) is 2.29. The summed E-state index contributed by atoms with van der Waals surface area (Å²) in [6.07, 6.45) is -0.182. The number of hydrogen-bond donors (Lipinski definition) is 1. The molecule has 0 aliphatic rings. The molecule has 96 valence electrons. The van der Waals surface area contributed by atoms with Gasteiger partial charge in [0.05, 0.1) is 13.8 Å². The highest BCUT2D eigenvalue weighted by atomic mass is 79.9. The van der Waals surface area contributed by atoms with Crippen molar-refractivity contribution in [3.05, 3.63) is 49.0 Å². The van der Waals surface area contributed by atoms with Crippen molar-refractivity contribution in [2.24, 2.45) is 5.73 Å². The third kappa shape index (κ3) is 3.39. The van der Waals surface area contributed by atoms with Gasteiger partial charge < -0.3 is 10.5 Å². The molecule has 0 spiro atoms. The van der Waals surface area contributed by atoms with Gasteiger partial charge in [-0.3, -0.25) is 0 Å². The summed E-state index contributed by atoms with van der Waals surface area (Å²) < 4.78 is 6.87. The first kappa shape index (κ1) is 14.2. The maximum absolute atomic E-state index is 5.94. The standard InChI is InChI=1S/C12H10BrCl2NOS/c13-12-4-3-11(18-12)10(6-16)17-7-1-2-8(14)9(15)5-7/h1-5,10H,6,16H2. The Balaban J connectivity index is 2.17. The number of ether oxygens (including phenoxy) is 1. The Labute approximate surface area is 128 Å². The van der Waals surface area contributed by atoms with Crippen LogP contribution in [0.15, 0.2) is 34.1 Å². The Hall–Kier alpha value is -0.260. The van der Waals surface area contributed by atoms with Crippen LogP contribution in [0, 0.1) is 0 Å². The van der Waals surface area contributed by atoms with E-state index in [4.69, 9.17) is 33.7 Å². The van der Waals surface area contributed by atoms with E-state index in [0.717, 1.165) is 8.66 Å². The first-order valence-electron chi connectivity index (χ1n) is 5.17. The first-order valence-corrected chi connectivity index (χ1v) is 7.53. The smallest absolute Gasteiger partial charge is 0.145 e. The van der Waals surface area contributed by atoms with Gasteiger partial charge in [-0.2, -0.15) is 0 Å². The summed E-state index contributed by atoms with van der Waals surface area (Å²) in [7, 11) is 0. The van der Waals surface area contributed by atoms with E-state index in [0.29, 0.717) is 22.3 Å². The molecular weight excluding hydrogens is 357 g/mol. The molecule has 2 N–H and O–H groups in total. The molecule has 0 radical (unpaired) electrons. The minimum atomic E-state index is -0.182. The molecule has 6 heteroatoms. The average Bonchev–Trinajstić information content (AvgIpc) is 2.77. The molecule has 0 fully saturated rings. The van der Waals surface area contributed by atoms with Crippen LogP contribution in [0.3, 0.4) is 0 Å². The van der Waals surface area contributed by atoms with E-state index >= 15 is 0 Å². The Bertz CT molecular complexity index is 547. The molecule has 0 bridgehead atoms. The third-order valence-corrected chi connectivity index (χ3v) is 4.75. The molecule has 2 nitrogen and oxygen atoms in total. The second kappa shape index (κ2) is 6.26. The van der Waals surface area contributed by atoms with Crippen molar-refractivity contribution in [2.75, 3.05) is 6.54 Å². The zero-order chi connectivity index (χ0) is 13.1. The summed E-state index contributed by atoms with van der Waals surface area (Å²) in [6.45, 7) is 0.396. The molecule has 1 aromatic heterocycles. The summed E-state index contributed by atoms with van der Waals surface area (Å²) in [5.41, 5.74) is 5.74. The second-order valence-electron chi connectivity index (χ2n) is 3.56. The fourth-order valence-corrected chi connectivity index (χ4v) is 3.19. The van der Waals surface area contributed by atoms with Crippen molar-refractivity contribution < 1.29 is 4.74 Å². The fourth-order valence-electron chi connectivity index (χ4n) is 1.44. The van der Waals surface area contributed by atoms with Gasteiger partial charge in [0.2, 0.25) is 0 Å². The maximum atomic E-state index is 5.94. The van der Waals surface area contributed by atoms with E-state index < -0.39 is 0 Å². The van der Waals surface area contributed by atoms with Gasteiger partial charge in [-0.05, 0) is 40.2 Å². The SMILES string of the molecule is NCC(Oc1ccc(Cl)c(Cl)c1)c1ccc(Br)s1. The highest BCUT2D eigenvalue weighted by Crippen LogP contribution is 2.32. The molecule has 1 atom stereocenters. The molecule has 0 aliphatic heterocycles. The number of rotatable bonds is 4. The Kier molecular flexibility index (Phi) is 4.92. The van der Waals surface area contributed by atoms with E-state index in [2.05, 4.69) is 15.9 Å². The van der Waals surface area contributed by atoms with Gasteiger partial charge in [0.15, 0.2) is 0 Å². The van der Waals surface area contributed by atoms with Crippen LogP contribution in [0.5, 0.6) is 5.75 Å². The Morgan fingerprint density at radius 3 is 2.56 bits per heavy atom. The molecule has 0 aliphatic carbocycles. The van der Waals surface area contributed by atoms with Gasteiger partial charge in [0.25, 0.3) is 0 Å². The zero-order valence-corrected chi connectivity index (χ0v) is 13.1. The largest absolute Gasteiger partial charge is 0.484 e. The molecule has 1 heterocycles. The minimum Gasteiger partial charge on any atom is -0.484 e. The van der Waals surface area contributed by atoms with Crippen molar-refractivity contribution in [3.63, 3.8) is 0 Å². The average molecular weight is 367 g/mol. The lowest BCUT2D eigenvalue weighted by atomic mass is 10.3. The predicted octanol–water partition coefficient (Wildman–Crippen LogP) is 4.90. The summed E-state index contributed by atoms with van der Waals surface area (Å²) in [5.74, 6) is 0.657. The molecule has 1 aromatic carbocycles. The van der Waals surface area contributed by atoms with Gasteiger partial charge in [0.1, 0.15) is 11.9 Å². The summed E-state index contributed by atoms with van der Waals surface area (Å²) >= 11 is 16.8. The van der Waals surface area contributed by atoms with Crippen LogP contribution in [-0.2, 0) is 0 Å². The zero-order valence-electron chi connectivity index (χ0n) is 9.20. The van der Waals surface area contributed by atoms with Crippen LogP contribution in [0.4, 0.5) is 0 Å². The molecule has 0 saturated carbocycles. The Morgan fingerprint density at radius 2 is 2.00 bits per heavy atom. The number of hydrogen-bond acceptors (Lipinski definition) is 3. The minimum absolute atomic E-state index is 0.182. The van der Waals surface area contributed by atoms with Crippen molar-refractivity contribution in [2.45, 2.75) is 6.10 Å².